The summed E-state index contributed by atoms with van der Waals surface area (Å²) in [7, 11) is 0. The van der Waals surface area contributed by atoms with Crippen molar-refractivity contribution in [1.29, 1.82) is 0 Å². The SMILES string of the molecule is O=[N+]([O-])OCCCCCCCC=CO. The van der Waals surface area contributed by atoms with Gasteiger partial charge in [-0.2, -0.15) is 0 Å². The quantitative estimate of drug-likeness (QED) is 0.270. The maximum atomic E-state index is 9.76. The maximum Gasteiger partial charge on any atom is 0.294 e. The van der Waals surface area contributed by atoms with Gasteiger partial charge in [0, 0.05) is 0 Å². The summed E-state index contributed by atoms with van der Waals surface area (Å²) in [5.41, 5.74) is 0. The molecule has 0 spiro atoms. The number of allylic oxidation sites excluding steroid dienone is 1. The third kappa shape index (κ3) is 10.7. The Kier molecular flexibility index (Phi) is 8.94. The molecule has 0 bridgehead atoms. The Balaban J connectivity index is 2.95. The Bertz CT molecular complexity index is 170. The highest BCUT2D eigenvalue weighted by Crippen LogP contribution is 2.05. The van der Waals surface area contributed by atoms with E-state index in [1.54, 1.807) is 6.08 Å². The van der Waals surface area contributed by atoms with E-state index in [9.17, 15) is 10.1 Å². The van der Waals surface area contributed by atoms with Gasteiger partial charge >= 0.3 is 0 Å². The molecule has 0 fully saturated rings. The number of rotatable bonds is 9. The molecule has 0 saturated carbocycles. The molecular weight excluding hydrogens is 186 g/mol. The van der Waals surface area contributed by atoms with Gasteiger partial charge in [-0.1, -0.05) is 25.3 Å². The van der Waals surface area contributed by atoms with Crippen LogP contribution in [0.1, 0.15) is 38.5 Å². The Morgan fingerprint density at radius 1 is 1.21 bits per heavy atom. The van der Waals surface area contributed by atoms with Crippen LogP contribution in [0.4, 0.5) is 0 Å². The van der Waals surface area contributed by atoms with E-state index in [4.69, 9.17) is 5.11 Å². The van der Waals surface area contributed by atoms with Gasteiger partial charge in [-0.15, -0.1) is 10.1 Å². The van der Waals surface area contributed by atoms with Gasteiger partial charge in [-0.3, -0.25) is 0 Å². The van der Waals surface area contributed by atoms with Crippen molar-refractivity contribution < 1.29 is 15.0 Å². The minimum absolute atomic E-state index is 0.198. The molecule has 0 saturated heterocycles. The van der Waals surface area contributed by atoms with Crippen molar-refractivity contribution in [3.63, 3.8) is 0 Å². The second kappa shape index (κ2) is 9.83. The van der Waals surface area contributed by atoms with E-state index in [-0.39, 0.29) is 6.61 Å². The molecule has 82 valence electrons. The zero-order chi connectivity index (χ0) is 10.6. The summed E-state index contributed by atoms with van der Waals surface area (Å²) in [6.45, 7) is 0.198. The largest absolute Gasteiger partial charge is 0.516 e. The van der Waals surface area contributed by atoms with Gasteiger partial charge in [0.2, 0.25) is 0 Å². The fraction of sp³-hybridized carbons (Fsp3) is 0.778. The lowest BCUT2D eigenvalue weighted by molar-refractivity contribution is -0.757. The summed E-state index contributed by atoms with van der Waals surface area (Å²) in [5, 5.41) is 17.3. The van der Waals surface area contributed by atoms with Crippen molar-refractivity contribution >= 4 is 0 Å². The first-order valence-electron chi connectivity index (χ1n) is 4.84. The molecule has 0 heterocycles. The minimum atomic E-state index is -0.758. The summed E-state index contributed by atoms with van der Waals surface area (Å²) in [4.78, 5) is 13.9. The first kappa shape index (κ1) is 12.7. The van der Waals surface area contributed by atoms with Crippen LogP contribution in [0, 0.1) is 10.1 Å². The first-order valence-corrected chi connectivity index (χ1v) is 4.84. The molecule has 1 N–H and O–H groups in total. The van der Waals surface area contributed by atoms with Crippen LogP contribution in [0.15, 0.2) is 12.3 Å². The number of hydrogen-bond donors (Lipinski definition) is 1. The van der Waals surface area contributed by atoms with Gasteiger partial charge in [0.25, 0.3) is 5.09 Å². The van der Waals surface area contributed by atoms with Crippen LogP contribution in [-0.4, -0.2) is 16.8 Å². The second-order valence-electron chi connectivity index (χ2n) is 3.00. The molecule has 0 aliphatic rings. The monoisotopic (exact) mass is 203 g/mol. The van der Waals surface area contributed by atoms with Gasteiger partial charge in [0.05, 0.1) is 12.9 Å². The summed E-state index contributed by atoms with van der Waals surface area (Å²) in [6.07, 6.45) is 8.55. The molecule has 5 nitrogen and oxygen atoms in total. The van der Waals surface area contributed by atoms with Crippen molar-refractivity contribution in [2.45, 2.75) is 38.5 Å². The van der Waals surface area contributed by atoms with Crippen LogP contribution in [0.25, 0.3) is 0 Å². The molecule has 5 heteroatoms. The van der Waals surface area contributed by atoms with E-state index in [1.165, 1.54) is 0 Å². The lowest BCUT2D eigenvalue weighted by Gasteiger charge is -1.99. The Hall–Kier alpha value is -1.26. The van der Waals surface area contributed by atoms with Gasteiger partial charge in [-0.05, 0) is 19.3 Å². The summed E-state index contributed by atoms with van der Waals surface area (Å²) in [5.74, 6) is 0. The van der Waals surface area contributed by atoms with E-state index < -0.39 is 5.09 Å². The number of aliphatic hydroxyl groups is 1. The lowest BCUT2D eigenvalue weighted by atomic mass is 10.1. The highest BCUT2D eigenvalue weighted by atomic mass is 16.9. The van der Waals surface area contributed by atoms with Crippen LogP contribution in [-0.2, 0) is 4.84 Å². The summed E-state index contributed by atoms with van der Waals surface area (Å²) in [6, 6.07) is 0. The number of aliphatic hydroxyl groups excluding tert-OH is 1. The molecule has 0 aromatic rings. The third-order valence-electron chi connectivity index (χ3n) is 1.82. The molecule has 0 radical (unpaired) electrons. The normalized spacial score (nSPS) is 10.6. The van der Waals surface area contributed by atoms with Gasteiger partial charge in [-0.25, -0.2) is 0 Å². The first-order chi connectivity index (χ1) is 6.77. The Labute approximate surface area is 83.5 Å². The van der Waals surface area contributed by atoms with Crippen molar-refractivity contribution in [2.75, 3.05) is 6.61 Å². The highest BCUT2D eigenvalue weighted by Gasteiger charge is 1.94. The van der Waals surface area contributed by atoms with E-state index in [1.807, 2.05) is 0 Å². The maximum absolute atomic E-state index is 9.76. The fourth-order valence-corrected chi connectivity index (χ4v) is 1.11. The smallest absolute Gasteiger partial charge is 0.294 e. The lowest BCUT2D eigenvalue weighted by Crippen LogP contribution is -2.01. The molecular formula is C9H17NO4. The van der Waals surface area contributed by atoms with E-state index in [0.29, 0.717) is 0 Å². The highest BCUT2D eigenvalue weighted by molar-refractivity contribution is 4.70. The van der Waals surface area contributed by atoms with Crippen LogP contribution >= 0.6 is 0 Å². The van der Waals surface area contributed by atoms with E-state index in [0.717, 1.165) is 44.8 Å². The Morgan fingerprint density at radius 3 is 2.50 bits per heavy atom. The molecule has 0 aliphatic heterocycles. The average Bonchev–Trinajstić information content (AvgIpc) is 2.15. The summed E-state index contributed by atoms with van der Waals surface area (Å²) < 4.78 is 0. The van der Waals surface area contributed by atoms with Crippen LogP contribution in [0.5, 0.6) is 0 Å². The zero-order valence-electron chi connectivity index (χ0n) is 8.22. The van der Waals surface area contributed by atoms with Crippen LogP contribution in [0.2, 0.25) is 0 Å². The van der Waals surface area contributed by atoms with Gasteiger partial charge in [0.1, 0.15) is 0 Å². The van der Waals surface area contributed by atoms with Crippen molar-refractivity contribution in [3.8, 4) is 0 Å². The molecule has 0 amide bonds. The van der Waals surface area contributed by atoms with Crippen molar-refractivity contribution in [2.24, 2.45) is 0 Å². The molecule has 0 aromatic carbocycles. The van der Waals surface area contributed by atoms with E-state index in [2.05, 4.69) is 4.84 Å². The van der Waals surface area contributed by atoms with Gasteiger partial charge in [0.15, 0.2) is 0 Å². The Morgan fingerprint density at radius 2 is 1.86 bits per heavy atom. The molecule has 0 aromatic heterocycles. The second-order valence-corrected chi connectivity index (χ2v) is 3.00. The zero-order valence-corrected chi connectivity index (χ0v) is 8.22. The topological polar surface area (TPSA) is 72.6 Å². The van der Waals surface area contributed by atoms with Crippen molar-refractivity contribution in [3.05, 3.63) is 22.5 Å². The number of hydrogen-bond acceptors (Lipinski definition) is 4. The molecule has 0 unspecified atom stereocenters. The number of unbranched alkanes of at least 4 members (excludes halogenated alkanes) is 5. The standard InChI is InChI=1S/C9H17NO4/c11-8-6-4-2-1-3-5-7-9-14-10(12)13/h6,8,11H,1-5,7,9H2. The van der Waals surface area contributed by atoms with Gasteiger partial charge < -0.3 is 9.94 Å². The summed E-state index contributed by atoms with van der Waals surface area (Å²) >= 11 is 0. The predicted molar refractivity (Wildman–Crippen MR) is 52.4 cm³/mol. The average molecular weight is 203 g/mol. The minimum Gasteiger partial charge on any atom is -0.516 e. The van der Waals surface area contributed by atoms with E-state index >= 15 is 0 Å². The molecule has 0 atom stereocenters. The van der Waals surface area contributed by atoms with Crippen molar-refractivity contribution in [1.82, 2.24) is 0 Å². The molecule has 0 rings (SSSR count). The number of nitrogens with zero attached hydrogens (tertiary/aromatic N) is 1. The predicted octanol–water partition coefficient (Wildman–Crippen LogP) is 2.61. The van der Waals surface area contributed by atoms with Crippen LogP contribution in [0.3, 0.4) is 0 Å². The fourth-order valence-electron chi connectivity index (χ4n) is 1.11. The third-order valence-corrected chi connectivity index (χ3v) is 1.82. The molecule has 0 aliphatic carbocycles. The molecule has 14 heavy (non-hydrogen) atoms. The van der Waals surface area contributed by atoms with Crippen LogP contribution < -0.4 is 0 Å².